The van der Waals surface area contributed by atoms with Crippen LogP contribution in [0.2, 0.25) is 0 Å². The largest absolute Gasteiger partial charge is 0.392 e. The third-order valence-electron chi connectivity index (χ3n) is 3.86. The first-order valence-electron chi connectivity index (χ1n) is 7.38. The second kappa shape index (κ2) is 6.81. The Morgan fingerprint density at radius 3 is 2.91 bits per heavy atom. The molecule has 1 saturated heterocycles. The normalized spacial score (nSPS) is 18.5. The Bertz CT molecular complexity index is 623. The van der Waals surface area contributed by atoms with E-state index in [1.165, 1.54) is 6.07 Å². The summed E-state index contributed by atoms with van der Waals surface area (Å²) in [6.45, 7) is 2.20. The topological polar surface area (TPSA) is 61.3 Å². The average molecular weight is 302 g/mol. The highest BCUT2D eigenvalue weighted by atomic mass is 19.1. The van der Waals surface area contributed by atoms with E-state index in [9.17, 15) is 4.39 Å². The van der Waals surface area contributed by atoms with Crippen LogP contribution in [-0.4, -0.2) is 39.1 Å². The van der Waals surface area contributed by atoms with Crippen molar-refractivity contribution in [1.82, 2.24) is 14.9 Å². The summed E-state index contributed by atoms with van der Waals surface area (Å²) < 4.78 is 13.9. The predicted octanol–water partition coefficient (Wildman–Crippen LogP) is 1.79. The Balaban J connectivity index is 1.59. The molecule has 0 amide bonds. The van der Waals surface area contributed by atoms with Crippen LogP contribution in [0.5, 0.6) is 0 Å². The van der Waals surface area contributed by atoms with Crippen molar-refractivity contribution in [3.05, 3.63) is 53.6 Å². The molecule has 1 atom stereocenters. The van der Waals surface area contributed by atoms with Gasteiger partial charge in [-0.1, -0.05) is 6.07 Å². The van der Waals surface area contributed by atoms with Gasteiger partial charge in [-0.05, 0) is 30.2 Å². The molecule has 116 valence electrons. The van der Waals surface area contributed by atoms with Gasteiger partial charge in [0, 0.05) is 43.6 Å². The van der Waals surface area contributed by atoms with Gasteiger partial charge < -0.3 is 10.4 Å². The number of nitrogens with zero attached hydrogens (tertiary/aromatic N) is 3. The van der Waals surface area contributed by atoms with Gasteiger partial charge in [0.25, 0.3) is 0 Å². The van der Waals surface area contributed by atoms with Crippen molar-refractivity contribution in [2.45, 2.75) is 25.6 Å². The first kappa shape index (κ1) is 14.9. The lowest BCUT2D eigenvalue weighted by atomic mass is 10.1. The van der Waals surface area contributed by atoms with Crippen molar-refractivity contribution in [3.8, 4) is 0 Å². The number of aromatic nitrogens is 2. The minimum atomic E-state index is -0.222. The van der Waals surface area contributed by atoms with Crippen LogP contribution in [0.3, 0.4) is 0 Å². The van der Waals surface area contributed by atoms with Crippen LogP contribution in [0.1, 0.15) is 17.5 Å². The summed E-state index contributed by atoms with van der Waals surface area (Å²) in [6.07, 6.45) is 4.38. The van der Waals surface area contributed by atoms with Crippen molar-refractivity contribution in [1.29, 1.82) is 0 Å². The maximum Gasteiger partial charge on any atom is 0.222 e. The number of likely N-dealkylation sites (tertiary alicyclic amines) is 1. The molecule has 2 aromatic rings. The zero-order chi connectivity index (χ0) is 15.4. The lowest BCUT2D eigenvalue weighted by Gasteiger charge is -2.17. The van der Waals surface area contributed by atoms with E-state index in [1.807, 2.05) is 0 Å². The Morgan fingerprint density at radius 1 is 1.32 bits per heavy atom. The van der Waals surface area contributed by atoms with Gasteiger partial charge in [0.1, 0.15) is 5.82 Å². The Labute approximate surface area is 128 Å². The maximum atomic E-state index is 13.9. The highest BCUT2D eigenvalue weighted by Gasteiger charge is 2.23. The molecule has 2 heterocycles. The molecule has 1 aromatic carbocycles. The first-order chi connectivity index (χ1) is 10.7. The van der Waals surface area contributed by atoms with Crippen LogP contribution in [0, 0.1) is 5.82 Å². The van der Waals surface area contributed by atoms with Crippen molar-refractivity contribution >= 4 is 5.95 Å². The summed E-state index contributed by atoms with van der Waals surface area (Å²) in [4.78, 5) is 10.5. The summed E-state index contributed by atoms with van der Waals surface area (Å²) in [5.74, 6) is 0.405. The first-order valence-corrected chi connectivity index (χ1v) is 7.38. The summed E-state index contributed by atoms with van der Waals surface area (Å²) in [5, 5.41) is 12.5. The van der Waals surface area contributed by atoms with E-state index in [2.05, 4.69) is 20.2 Å². The van der Waals surface area contributed by atoms with Crippen molar-refractivity contribution < 1.29 is 9.50 Å². The summed E-state index contributed by atoms with van der Waals surface area (Å²) in [5.41, 5.74) is 1.37. The van der Waals surface area contributed by atoms with E-state index in [1.54, 1.807) is 30.6 Å². The Morgan fingerprint density at radius 2 is 2.14 bits per heavy atom. The minimum absolute atomic E-state index is 0.0667. The summed E-state index contributed by atoms with van der Waals surface area (Å²) >= 11 is 0. The molecule has 0 unspecified atom stereocenters. The van der Waals surface area contributed by atoms with Crippen molar-refractivity contribution in [2.24, 2.45) is 0 Å². The van der Waals surface area contributed by atoms with E-state index in [4.69, 9.17) is 5.11 Å². The molecular formula is C16H19FN4O. The lowest BCUT2D eigenvalue weighted by molar-refractivity contribution is 0.280. The van der Waals surface area contributed by atoms with Gasteiger partial charge in [0.2, 0.25) is 5.95 Å². The third kappa shape index (κ3) is 3.58. The quantitative estimate of drug-likeness (QED) is 0.882. The number of nitrogens with one attached hydrogen (secondary N) is 1. The molecule has 1 aromatic heterocycles. The molecule has 3 rings (SSSR count). The second-order valence-electron chi connectivity index (χ2n) is 5.52. The molecule has 0 aliphatic carbocycles. The highest BCUT2D eigenvalue weighted by molar-refractivity contribution is 5.26. The molecule has 0 radical (unpaired) electrons. The zero-order valence-corrected chi connectivity index (χ0v) is 12.2. The summed E-state index contributed by atoms with van der Waals surface area (Å²) in [7, 11) is 0. The molecule has 0 spiro atoms. The Hall–Kier alpha value is -2.05. The van der Waals surface area contributed by atoms with Crippen LogP contribution in [0.15, 0.2) is 36.7 Å². The van der Waals surface area contributed by atoms with Gasteiger partial charge in [-0.2, -0.15) is 0 Å². The summed E-state index contributed by atoms with van der Waals surface area (Å²) in [6, 6.07) is 6.82. The van der Waals surface area contributed by atoms with Gasteiger partial charge in [0.05, 0.1) is 6.61 Å². The minimum Gasteiger partial charge on any atom is -0.392 e. The van der Waals surface area contributed by atoms with Crippen LogP contribution >= 0.6 is 0 Å². The number of aliphatic hydroxyl groups excluding tert-OH is 1. The molecule has 0 bridgehead atoms. The molecule has 2 N–H and O–H groups in total. The molecule has 0 saturated carbocycles. The lowest BCUT2D eigenvalue weighted by Crippen LogP contribution is -2.27. The fraction of sp³-hybridized carbons (Fsp3) is 0.375. The second-order valence-corrected chi connectivity index (χ2v) is 5.52. The highest BCUT2D eigenvalue weighted by Crippen LogP contribution is 2.18. The fourth-order valence-corrected chi connectivity index (χ4v) is 2.74. The average Bonchev–Trinajstić information content (AvgIpc) is 2.97. The van der Waals surface area contributed by atoms with Crippen molar-refractivity contribution in [3.63, 3.8) is 0 Å². The van der Waals surface area contributed by atoms with E-state index >= 15 is 0 Å². The number of hydrogen-bond acceptors (Lipinski definition) is 5. The van der Waals surface area contributed by atoms with Crippen LogP contribution in [0.25, 0.3) is 0 Å². The van der Waals surface area contributed by atoms with E-state index in [-0.39, 0.29) is 18.5 Å². The number of hydrogen-bond donors (Lipinski definition) is 2. The fourth-order valence-electron chi connectivity index (χ4n) is 2.74. The number of rotatable bonds is 5. The van der Waals surface area contributed by atoms with E-state index in [0.29, 0.717) is 18.1 Å². The molecular weight excluding hydrogens is 283 g/mol. The molecule has 1 fully saturated rings. The third-order valence-corrected chi connectivity index (χ3v) is 3.86. The number of aliphatic hydroxyl groups is 1. The van der Waals surface area contributed by atoms with Gasteiger partial charge >= 0.3 is 0 Å². The monoisotopic (exact) mass is 302 g/mol. The van der Waals surface area contributed by atoms with E-state index < -0.39 is 0 Å². The number of anilines is 1. The SMILES string of the molecule is OCc1ccc(F)c(CN2CC[C@H](Nc3ncccn3)C2)c1. The molecule has 5 nitrogen and oxygen atoms in total. The maximum absolute atomic E-state index is 13.9. The van der Waals surface area contributed by atoms with Crippen LogP contribution in [0.4, 0.5) is 10.3 Å². The Kier molecular flexibility index (Phi) is 4.60. The number of halogens is 1. The molecule has 1 aliphatic heterocycles. The smallest absolute Gasteiger partial charge is 0.222 e. The zero-order valence-electron chi connectivity index (χ0n) is 12.2. The van der Waals surface area contributed by atoms with Crippen molar-refractivity contribution in [2.75, 3.05) is 18.4 Å². The standard InChI is InChI=1S/C16H19FN4O/c17-15-3-2-12(11-22)8-13(15)9-21-7-4-14(10-21)20-16-18-5-1-6-19-16/h1-3,5-6,8,14,22H,4,7,9-11H2,(H,18,19,20)/t14-/m0/s1. The van der Waals surface area contributed by atoms with E-state index in [0.717, 1.165) is 25.1 Å². The van der Waals surface area contributed by atoms with Gasteiger partial charge in [-0.15, -0.1) is 0 Å². The molecule has 6 heteroatoms. The number of benzene rings is 1. The van der Waals surface area contributed by atoms with Gasteiger partial charge in [-0.3, -0.25) is 4.90 Å². The molecule has 22 heavy (non-hydrogen) atoms. The molecule has 1 aliphatic rings. The van der Waals surface area contributed by atoms with Gasteiger partial charge in [0.15, 0.2) is 0 Å². The predicted molar refractivity (Wildman–Crippen MR) is 81.7 cm³/mol. The van der Waals surface area contributed by atoms with Crippen LogP contribution < -0.4 is 5.32 Å². The van der Waals surface area contributed by atoms with Gasteiger partial charge in [-0.25, -0.2) is 14.4 Å². The van der Waals surface area contributed by atoms with Crippen LogP contribution in [-0.2, 0) is 13.2 Å².